The van der Waals surface area contributed by atoms with Crippen molar-refractivity contribution < 1.29 is 0 Å². The van der Waals surface area contributed by atoms with E-state index < -0.39 is 0 Å². The maximum Gasteiger partial charge on any atom is 0.0340 e. The van der Waals surface area contributed by atoms with Gasteiger partial charge in [0.05, 0.1) is 0 Å². The molecule has 1 rings (SSSR count). The van der Waals surface area contributed by atoms with Crippen LogP contribution in [-0.4, -0.2) is 6.04 Å². The second kappa shape index (κ2) is 1.88. The SMILES string of the molecule is C#CNC1CCC1. The monoisotopic (exact) mass is 95.1 g/mol. The van der Waals surface area contributed by atoms with Crippen LogP contribution in [0.1, 0.15) is 19.3 Å². The van der Waals surface area contributed by atoms with E-state index in [0.717, 1.165) is 0 Å². The summed E-state index contributed by atoms with van der Waals surface area (Å²) in [6.45, 7) is 0. The van der Waals surface area contributed by atoms with Gasteiger partial charge in [0, 0.05) is 12.1 Å². The van der Waals surface area contributed by atoms with Gasteiger partial charge < -0.3 is 5.32 Å². The average molecular weight is 95.1 g/mol. The lowest BCUT2D eigenvalue weighted by Gasteiger charge is -2.23. The summed E-state index contributed by atoms with van der Waals surface area (Å²) in [5, 5.41) is 2.91. The standard InChI is InChI=1S/C6H9N/c1-2-7-6-4-3-5-6/h1,6-7H,3-5H2. The number of terminal acetylenes is 1. The van der Waals surface area contributed by atoms with E-state index in [1.165, 1.54) is 19.3 Å². The number of hydrogen-bond donors (Lipinski definition) is 1. The first-order chi connectivity index (χ1) is 3.43. The average Bonchev–Trinajstić information content (AvgIpc) is 1.55. The quantitative estimate of drug-likeness (QED) is 0.374. The van der Waals surface area contributed by atoms with Crippen LogP contribution >= 0.6 is 0 Å². The molecule has 0 aliphatic heterocycles. The molecule has 1 N–H and O–H groups in total. The van der Waals surface area contributed by atoms with Crippen LogP contribution in [0.15, 0.2) is 0 Å². The molecule has 38 valence electrons. The van der Waals surface area contributed by atoms with Crippen LogP contribution in [0.25, 0.3) is 0 Å². The van der Waals surface area contributed by atoms with Gasteiger partial charge in [-0.3, -0.25) is 0 Å². The molecular weight excluding hydrogens is 86.1 g/mol. The van der Waals surface area contributed by atoms with Crippen molar-refractivity contribution in [2.45, 2.75) is 25.3 Å². The third kappa shape index (κ3) is 0.866. The van der Waals surface area contributed by atoms with Gasteiger partial charge in [-0.25, -0.2) is 0 Å². The van der Waals surface area contributed by atoms with Crippen molar-refractivity contribution in [1.29, 1.82) is 0 Å². The largest absolute Gasteiger partial charge is 0.343 e. The Balaban J connectivity index is 2.06. The normalized spacial score (nSPS) is 19.9. The molecular formula is C6H9N. The maximum absolute atomic E-state index is 4.98. The summed E-state index contributed by atoms with van der Waals surface area (Å²) < 4.78 is 0. The lowest BCUT2D eigenvalue weighted by Crippen LogP contribution is -2.31. The predicted octanol–water partition coefficient (Wildman–Crippen LogP) is 0.719. The van der Waals surface area contributed by atoms with E-state index in [-0.39, 0.29) is 0 Å². The van der Waals surface area contributed by atoms with Gasteiger partial charge in [0.15, 0.2) is 0 Å². The minimum Gasteiger partial charge on any atom is -0.343 e. The Bertz CT molecular complexity index is 86.8. The molecule has 1 nitrogen and oxygen atoms in total. The minimum atomic E-state index is 0.644. The van der Waals surface area contributed by atoms with E-state index >= 15 is 0 Å². The molecule has 1 saturated carbocycles. The fourth-order valence-electron chi connectivity index (χ4n) is 0.670. The van der Waals surface area contributed by atoms with Gasteiger partial charge in [-0.15, -0.1) is 0 Å². The molecule has 0 bridgehead atoms. The van der Waals surface area contributed by atoms with Gasteiger partial charge in [-0.2, -0.15) is 0 Å². The van der Waals surface area contributed by atoms with E-state index in [0.29, 0.717) is 6.04 Å². The molecule has 1 fully saturated rings. The van der Waals surface area contributed by atoms with Gasteiger partial charge in [-0.1, -0.05) is 6.42 Å². The number of rotatable bonds is 1. The van der Waals surface area contributed by atoms with Crippen molar-refractivity contribution in [3.8, 4) is 12.5 Å². The van der Waals surface area contributed by atoms with Gasteiger partial charge >= 0.3 is 0 Å². The van der Waals surface area contributed by atoms with Crippen LogP contribution in [0.4, 0.5) is 0 Å². The van der Waals surface area contributed by atoms with Crippen molar-refractivity contribution in [3.63, 3.8) is 0 Å². The van der Waals surface area contributed by atoms with Crippen molar-refractivity contribution in [2.75, 3.05) is 0 Å². The predicted molar refractivity (Wildman–Crippen MR) is 29.6 cm³/mol. The first kappa shape index (κ1) is 4.52. The molecule has 0 heterocycles. The molecule has 0 amide bonds. The van der Waals surface area contributed by atoms with Gasteiger partial charge in [-0.05, 0) is 19.3 Å². The summed E-state index contributed by atoms with van der Waals surface area (Å²) in [7, 11) is 0. The third-order valence-corrected chi connectivity index (χ3v) is 1.39. The maximum atomic E-state index is 4.98. The number of hydrogen-bond acceptors (Lipinski definition) is 1. The first-order valence-electron chi connectivity index (χ1n) is 2.64. The Morgan fingerprint density at radius 3 is 2.43 bits per heavy atom. The molecule has 0 radical (unpaired) electrons. The molecule has 0 aromatic heterocycles. The highest BCUT2D eigenvalue weighted by atomic mass is 14.9. The van der Waals surface area contributed by atoms with E-state index in [4.69, 9.17) is 6.42 Å². The van der Waals surface area contributed by atoms with Crippen LogP contribution in [0.3, 0.4) is 0 Å². The summed E-state index contributed by atoms with van der Waals surface area (Å²) in [4.78, 5) is 0. The molecule has 0 atom stereocenters. The van der Waals surface area contributed by atoms with Gasteiger partial charge in [0.25, 0.3) is 0 Å². The first-order valence-corrected chi connectivity index (χ1v) is 2.64. The van der Waals surface area contributed by atoms with E-state index in [9.17, 15) is 0 Å². The molecule has 0 unspecified atom stereocenters. The lowest BCUT2D eigenvalue weighted by atomic mass is 9.94. The Hall–Kier alpha value is -0.640. The van der Waals surface area contributed by atoms with Crippen molar-refractivity contribution >= 4 is 0 Å². The summed E-state index contributed by atoms with van der Waals surface area (Å²) in [6, 6.07) is 3.06. The van der Waals surface area contributed by atoms with Crippen LogP contribution in [-0.2, 0) is 0 Å². The number of nitrogens with one attached hydrogen (secondary N) is 1. The van der Waals surface area contributed by atoms with E-state index in [1.807, 2.05) is 0 Å². The molecule has 0 saturated heterocycles. The summed E-state index contributed by atoms with van der Waals surface area (Å²) in [6.07, 6.45) is 8.86. The van der Waals surface area contributed by atoms with Crippen LogP contribution < -0.4 is 5.32 Å². The fourth-order valence-corrected chi connectivity index (χ4v) is 0.670. The van der Waals surface area contributed by atoms with Crippen molar-refractivity contribution in [2.24, 2.45) is 0 Å². The summed E-state index contributed by atoms with van der Waals surface area (Å²) in [5.41, 5.74) is 0. The van der Waals surface area contributed by atoms with Crippen molar-refractivity contribution in [3.05, 3.63) is 0 Å². The zero-order valence-electron chi connectivity index (χ0n) is 4.28. The minimum absolute atomic E-state index is 0.644. The molecule has 7 heavy (non-hydrogen) atoms. The highest BCUT2D eigenvalue weighted by Crippen LogP contribution is 2.16. The van der Waals surface area contributed by atoms with Crippen LogP contribution in [0, 0.1) is 12.5 Å². The second-order valence-corrected chi connectivity index (χ2v) is 1.92. The third-order valence-electron chi connectivity index (χ3n) is 1.39. The van der Waals surface area contributed by atoms with Gasteiger partial charge in [0.2, 0.25) is 0 Å². The second-order valence-electron chi connectivity index (χ2n) is 1.92. The Labute approximate surface area is 44.1 Å². The van der Waals surface area contributed by atoms with E-state index in [2.05, 4.69) is 11.4 Å². The fraction of sp³-hybridized carbons (Fsp3) is 0.667. The molecule has 1 aliphatic rings. The van der Waals surface area contributed by atoms with Crippen LogP contribution in [0.5, 0.6) is 0 Å². The highest BCUT2D eigenvalue weighted by molar-refractivity contribution is 4.88. The van der Waals surface area contributed by atoms with E-state index in [1.54, 1.807) is 0 Å². The molecule has 0 aromatic rings. The highest BCUT2D eigenvalue weighted by Gasteiger charge is 2.14. The van der Waals surface area contributed by atoms with Gasteiger partial charge in [0.1, 0.15) is 0 Å². The van der Waals surface area contributed by atoms with Crippen molar-refractivity contribution in [1.82, 2.24) is 5.32 Å². The summed E-state index contributed by atoms with van der Waals surface area (Å²) >= 11 is 0. The lowest BCUT2D eigenvalue weighted by molar-refractivity contribution is 0.379. The molecule has 1 aliphatic carbocycles. The Morgan fingerprint density at radius 2 is 2.29 bits per heavy atom. The zero-order chi connectivity index (χ0) is 5.11. The topological polar surface area (TPSA) is 12.0 Å². The molecule has 0 aromatic carbocycles. The Morgan fingerprint density at radius 1 is 1.57 bits per heavy atom. The summed E-state index contributed by atoms with van der Waals surface area (Å²) in [5.74, 6) is 0. The van der Waals surface area contributed by atoms with Crippen LogP contribution in [0.2, 0.25) is 0 Å². The smallest absolute Gasteiger partial charge is 0.0340 e. The molecule has 0 spiro atoms. The Kier molecular flexibility index (Phi) is 1.21. The molecule has 1 heteroatoms. The zero-order valence-corrected chi connectivity index (χ0v) is 4.28.